The Balaban J connectivity index is 1.69. The first-order valence-electron chi connectivity index (χ1n) is 6.21. The minimum atomic E-state index is 0.702. The van der Waals surface area contributed by atoms with E-state index in [4.69, 9.17) is 0 Å². The Morgan fingerprint density at radius 3 is 3.29 bits per heavy atom. The number of imidazole rings is 1. The smallest absolute Gasteiger partial charge is 0.0951 e. The zero-order valence-electron chi connectivity index (χ0n) is 9.80. The lowest BCUT2D eigenvalue weighted by molar-refractivity contribution is 0.507. The fourth-order valence-corrected chi connectivity index (χ4v) is 3.18. The number of hydrogen-bond donors (Lipinski definition) is 1. The van der Waals surface area contributed by atoms with Gasteiger partial charge in [-0.3, -0.25) is 0 Å². The van der Waals surface area contributed by atoms with Crippen molar-refractivity contribution in [3.8, 4) is 10.6 Å². The molecule has 2 aromatic rings. The first kappa shape index (κ1) is 11.0. The number of rotatable bonds is 4. The third-order valence-electron chi connectivity index (χ3n) is 3.37. The van der Waals surface area contributed by atoms with E-state index in [1.807, 2.05) is 12.5 Å². The van der Waals surface area contributed by atoms with Crippen LogP contribution in [-0.4, -0.2) is 22.1 Å². The topological polar surface area (TPSA) is 29.9 Å². The van der Waals surface area contributed by atoms with Crippen molar-refractivity contribution in [3.05, 3.63) is 30.0 Å². The van der Waals surface area contributed by atoms with E-state index in [-0.39, 0.29) is 0 Å². The zero-order valence-corrected chi connectivity index (χ0v) is 10.6. The van der Waals surface area contributed by atoms with Gasteiger partial charge in [-0.25, -0.2) is 4.98 Å². The number of nitrogens with zero attached hydrogens (tertiary/aromatic N) is 2. The van der Waals surface area contributed by atoms with Gasteiger partial charge in [-0.05, 0) is 37.3 Å². The highest BCUT2D eigenvalue weighted by atomic mass is 32.1. The van der Waals surface area contributed by atoms with E-state index < -0.39 is 0 Å². The van der Waals surface area contributed by atoms with Crippen LogP contribution in [0.3, 0.4) is 0 Å². The van der Waals surface area contributed by atoms with Crippen LogP contribution in [-0.2, 0) is 6.54 Å². The van der Waals surface area contributed by atoms with Crippen LogP contribution in [0.2, 0.25) is 0 Å². The SMILES string of the molecule is c1csc(-c2cncn2CCC2CCCN2)c1. The third-order valence-corrected chi connectivity index (χ3v) is 4.26. The second-order valence-electron chi connectivity index (χ2n) is 4.53. The number of aryl methyl sites for hydroxylation is 1. The maximum Gasteiger partial charge on any atom is 0.0951 e. The highest BCUT2D eigenvalue weighted by Gasteiger charge is 2.14. The second kappa shape index (κ2) is 5.02. The summed E-state index contributed by atoms with van der Waals surface area (Å²) in [5.74, 6) is 0. The molecule has 90 valence electrons. The van der Waals surface area contributed by atoms with Gasteiger partial charge in [-0.1, -0.05) is 6.07 Å². The van der Waals surface area contributed by atoms with Crippen LogP contribution in [0.25, 0.3) is 10.6 Å². The molecule has 1 unspecified atom stereocenters. The molecular formula is C13H17N3S. The largest absolute Gasteiger partial charge is 0.330 e. The van der Waals surface area contributed by atoms with Gasteiger partial charge in [0.1, 0.15) is 0 Å². The Morgan fingerprint density at radius 1 is 1.53 bits per heavy atom. The lowest BCUT2D eigenvalue weighted by Crippen LogP contribution is -2.22. The molecule has 1 fully saturated rings. The summed E-state index contributed by atoms with van der Waals surface area (Å²) in [7, 11) is 0. The molecule has 3 nitrogen and oxygen atoms in total. The summed E-state index contributed by atoms with van der Waals surface area (Å²) in [6.45, 7) is 2.25. The summed E-state index contributed by atoms with van der Waals surface area (Å²) in [6.07, 6.45) is 7.77. The molecule has 4 heteroatoms. The Hall–Kier alpha value is -1.13. The summed E-state index contributed by atoms with van der Waals surface area (Å²) >= 11 is 1.78. The minimum absolute atomic E-state index is 0.702. The van der Waals surface area contributed by atoms with Crippen molar-refractivity contribution in [2.24, 2.45) is 0 Å². The molecule has 1 saturated heterocycles. The Labute approximate surface area is 106 Å². The Kier molecular flexibility index (Phi) is 3.25. The summed E-state index contributed by atoms with van der Waals surface area (Å²) in [4.78, 5) is 5.58. The van der Waals surface area contributed by atoms with Crippen LogP contribution in [0.4, 0.5) is 0 Å². The van der Waals surface area contributed by atoms with Crippen LogP contribution in [0.15, 0.2) is 30.0 Å². The summed E-state index contributed by atoms with van der Waals surface area (Å²) < 4.78 is 2.27. The van der Waals surface area contributed by atoms with Gasteiger partial charge < -0.3 is 9.88 Å². The predicted octanol–water partition coefficient (Wildman–Crippen LogP) is 2.75. The summed E-state index contributed by atoms with van der Waals surface area (Å²) in [5.41, 5.74) is 1.25. The van der Waals surface area contributed by atoms with Crippen molar-refractivity contribution in [2.45, 2.75) is 31.8 Å². The fraction of sp³-hybridized carbons (Fsp3) is 0.462. The van der Waals surface area contributed by atoms with E-state index in [2.05, 4.69) is 32.4 Å². The third kappa shape index (κ3) is 2.42. The molecule has 1 aliphatic rings. The number of thiophene rings is 1. The molecule has 0 aromatic carbocycles. The average molecular weight is 247 g/mol. The molecular weight excluding hydrogens is 230 g/mol. The lowest BCUT2D eigenvalue weighted by atomic mass is 10.1. The normalized spacial score (nSPS) is 19.9. The van der Waals surface area contributed by atoms with E-state index in [1.165, 1.54) is 36.4 Å². The van der Waals surface area contributed by atoms with Crippen LogP contribution < -0.4 is 5.32 Å². The van der Waals surface area contributed by atoms with Gasteiger partial charge in [0, 0.05) is 12.6 Å². The predicted molar refractivity (Wildman–Crippen MR) is 71.2 cm³/mol. The maximum absolute atomic E-state index is 4.27. The fourth-order valence-electron chi connectivity index (χ4n) is 2.43. The van der Waals surface area contributed by atoms with E-state index in [0.29, 0.717) is 6.04 Å². The second-order valence-corrected chi connectivity index (χ2v) is 5.48. The molecule has 0 saturated carbocycles. The first-order valence-corrected chi connectivity index (χ1v) is 7.09. The van der Waals surface area contributed by atoms with Crippen molar-refractivity contribution in [1.82, 2.24) is 14.9 Å². The molecule has 0 spiro atoms. The molecule has 1 atom stereocenters. The van der Waals surface area contributed by atoms with Gasteiger partial charge in [0.2, 0.25) is 0 Å². The molecule has 0 amide bonds. The van der Waals surface area contributed by atoms with Gasteiger partial charge in [-0.2, -0.15) is 0 Å². The standard InChI is InChI=1S/C13H17N3S/c1-3-11(15-6-1)5-7-16-10-14-9-12(16)13-4-2-8-17-13/h2,4,8-11,15H,1,3,5-7H2. The van der Waals surface area contributed by atoms with E-state index in [9.17, 15) is 0 Å². The lowest BCUT2D eigenvalue weighted by Gasteiger charge is -2.11. The average Bonchev–Trinajstić information content (AvgIpc) is 3.09. The van der Waals surface area contributed by atoms with Crippen molar-refractivity contribution >= 4 is 11.3 Å². The van der Waals surface area contributed by atoms with Crippen molar-refractivity contribution in [3.63, 3.8) is 0 Å². The van der Waals surface area contributed by atoms with Crippen LogP contribution in [0.1, 0.15) is 19.3 Å². The van der Waals surface area contributed by atoms with Crippen molar-refractivity contribution in [1.29, 1.82) is 0 Å². The number of aromatic nitrogens is 2. The van der Waals surface area contributed by atoms with Crippen molar-refractivity contribution in [2.75, 3.05) is 6.54 Å². The Morgan fingerprint density at radius 2 is 2.53 bits per heavy atom. The molecule has 1 aliphatic heterocycles. The molecule has 0 bridgehead atoms. The maximum atomic E-state index is 4.27. The van der Waals surface area contributed by atoms with E-state index in [0.717, 1.165) is 6.54 Å². The summed E-state index contributed by atoms with van der Waals surface area (Å²) in [5, 5.41) is 5.66. The number of hydrogen-bond acceptors (Lipinski definition) is 3. The van der Waals surface area contributed by atoms with Crippen LogP contribution in [0, 0.1) is 0 Å². The van der Waals surface area contributed by atoms with Crippen molar-refractivity contribution < 1.29 is 0 Å². The van der Waals surface area contributed by atoms with Gasteiger partial charge >= 0.3 is 0 Å². The minimum Gasteiger partial charge on any atom is -0.330 e. The van der Waals surface area contributed by atoms with E-state index >= 15 is 0 Å². The quantitative estimate of drug-likeness (QED) is 0.900. The first-order chi connectivity index (χ1) is 8.43. The molecule has 3 rings (SSSR count). The molecule has 3 heterocycles. The monoisotopic (exact) mass is 247 g/mol. The zero-order chi connectivity index (χ0) is 11.5. The Bertz CT molecular complexity index is 455. The van der Waals surface area contributed by atoms with Gasteiger partial charge in [0.25, 0.3) is 0 Å². The van der Waals surface area contributed by atoms with Gasteiger partial charge in [0.05, 0.1) is 23.1 Å². The van der Waals surface area contributed by atoms with Crippen LogP contribution in [0.5, 0.6) is 0 Å². The number of nitrogens with one attached hydrogen (secondary N) is 1. The molecule has 1 N–H and O–H groups in total. The molecule has 0 radical (unpaired) electrons. The van der Waals surface area contributed by atoms with Crippen LogP contribution >= 0.6 is 11.3 Å². The van der Waals surface area contributed by atoms with Gasteiger partial charge in [0.15, 0.2) is 0 Å². The highest BCUT2D eigenvalue weighted by molar-refractivity contribution is 7.13. The molecule has 2 aromatic heterocycles. The molecule has 17 heavy (non-hydrogen) atoms. The summed E-state index contributed by atoms with van der Waals surface area (Å²) in [6, 6.07) is 4.95. The molecule has 0 aliphatic carbocycles. The van der Waals surface area contributed by atoms with Gasteiger partial charge in [-0.15, -0.1) is 11.3 Å². The van der Waals surface area contributed by atoms with E-state index in [1.54, 1.807) is 11.3 Å². The highest BCUT2D eigenvalue weighted by Crippen LogP contribution is 2.24.